The van der Waals surface area contributed by atoms with E-state index in [1.54, 1.807) is 17.6 Å². The minimum absolute atomic E-state index is 0.0227. The van der Waals surface area contributed by atoms with Gasteiger partial charge in [-0.15, -0.1) is 0 Å². The maximum atomic E-state index is 12.3. The van der Waals surface area contributed by atoms with Crippen molar-refractivity contribution in [1.82, 2.24) is 19.5 Å². The number of nitrogens with zero attached hydrogens (tertiary/aromatic N) is 4. The SMILES string of the molecule is CCc1cc(NS(=O)(=O)c2cn(C(C)C)cn2)nc(C)n1. The average Bonchev–Trinajstić information content (AvgIpc) is 2.87. The fourth-order valence-electron chi connectivity index (χ4n) is 1.79. The molecule has 0 aromatic carbocycles. The Morgan fingerprint density at radius 3 is 2.62 bits per heavy atom. The van der Waals surface area contributed by atoms with E-state index in [0.717, 1.165) is 5.69 Å². The Hall–Kier alpha value is -1.96. The van der Waals surface area contributed by atoms with Gasteiger partial charge in [0.2, 0.25) is 0 Å². The predicted molar refractivity (Wildman–Crippen MR) is 79.6 cm³/mol. The molecule has 0 spiro atoms. The minimum atomic E-state index is -3.74. The largest absolute Gasteiger partial charge is 0.334 e. The quantitative estimate of drug-likeness (QED) is 0.911. The third-order valence-electron chi connectivity index (χ3n) is 2.94. The zero-order valence-corrected chi connectivity index (χ0v) is 13.3. The van der Waals surface area contributed by atoms with Gasteiger partial charge in [0.15, 0.2) is 5.03 Å². The van der Waals surface area contributed by atoms with Gasteiger partial charge in [-0.05, 0) is 27.2 Å². The summed E-state index contributed by atoms with van der Waals surface area (Å²) in [5.74, 6) is 0.790. The van der Waals surface area contributed by atoms with Crippen LogP contribution in [0.4, 0.5) is 5.82 Å². The molecular weight excluding hydrogens is 290 g/mol. The lowest BCUT2D eigenvalue weighted by atomic mass is 10.3. The van der Waals surface area contributed by atoms with Crippen molar-refractivity contribution in [3.8, 4) is 0 Å². The summed E-state index contributed by atoms with van der Waals surface area (Å²) >= 11 is 0. The molecule has 2 aromatic rings. The first-order valence-corrected chi connectivity index (χ1v) is 8.21. The third kappa shape index (κ3) is 3.57. The number of nitrogens with one attached hydrogen (secondary N) is 1. The van der Waals surface area contributed by atoms with Crippen molar-refractivity contribution >= 4 is 15.8 Å². The number of hydrogen-bond donors (Lipinski definition) is 1. The van der Waals surface area contributed by atoms with Gasteiger partial charge in [0.25, 0.3) is 10.0 Å². The van der Waals surface area contributed by atoms with Crippen LogP contribution in [0, 0.1) is 6.92 Å². The van der Waals surface area contributed by atoms with Crippen molar-refractivity contribution in [2.75, 3.05) is 4.72 Å². The Morgan fingerprint density at radius 1 is 1.33 bits per heavy atom. The molecule has 0 bridgehead atoms. The lowest BCUT2D eigenvalue weighted by Gasteiger charge is -2.07. The van der Waals surface area contributed by atoms with E-state index in [9.17, 15) is 8.42 Å². The van der Waals surface area contributed by atoms with Crippen LogP contribution in [0.1, 0.15) is 38.3 Å². The molecule has 0 unspecified atom stereocenters. The highest BCUT2D eigenvalue weighted by molar-refractivity contribution is 7.92. The van der Waals surface area contributed by atoms with Gasteiger partial charge in [0.1, 0.15) is 11.6 Å². The van der Waals surface area contributed by atoms with Crippen LogP contribution in [0.25, 0.3) is 0 Å². The molecule has 1 N–H and O–H groups in total. The molecule has 0 radical (unpaired) electrons. The standard InChI is InChI=1S/C13H19N5O2S/c1-5-11-6-12(16-10(4)15-11)17-21(19,20)13-7-18(8-14-13)9(2)3/h6-9H,5H2,1-4H3,(H,15,16,17). The normalized spacial score (nSPS) is 11.9. The lowest BCUT2D eigenvalue weighted by molar-refractivity contribution is 0.591. The van der Waals surface area contributed by atoms with Gasteiger partial charge in [-0.1, -0.05) is 6.92 Å². The first kappa shape index (κ1) is 15.4. The van der Waals surface area contributed by atoms with Crippen LogP contribution in [-0.2, 0) is 16.4 Å². The molecule has 0 amide bonds. The highest BCUT2D eigenvalue weighted by Crippen LogP contribution is 2.15. The summed E-state index contributed by atoms with van der Waals surface area (Å²) < 4.78 is 28.8. The molecule has 8 heteroatoms. The first-order chi connectivity index (χ1) is 9.81. The van der Waals surface area contributed by atoms with Crippen LogP contribution in [0.3, 0.4) is 0 Å². The van der Waals surface area contributed by atoms with Crippen molar-refractivity contribution in [2.24, 2.45) is 0 Å². The van der Waals surface area contributed by atoms with Crippen molar-refractivity contribution in [3.05, 3.63) is 30.1 Å². The zero-order chi connectivity index (χ0) is 15.6. The van der Waals surface area contributed by atoms with Gasteiger partial charge in [0.05, 0.1) is 6.33 Å². The van der Waals surface area contributed by atoms with Crippen molar-refractivity contribution < 1.29 is 8.42 Å². The van der Waals surface area contributed by atoms with Gasteiger partial charge in [-0.3, -0.25) is 4.72 Å². The van der Waals surface area contributed by atoms with E-state index < -0.39 is 10.0 Å². The number of imidazole rings is 1. The number of sulfonamides is 1. The molecule has 21 heavy (non-hydrogen) atoms. The minimum Gasteiger partial charge on any atom is -0.334 e. The van der Waals surface area contributed by atoms with Gasteiger partial charge in [-0.2, -0.15) is 8.42 Å². The van der Waals surface area contributed by atoms with Crippen molar-refractivity contribution in [2.45, 2.75) is 45.2 Å². The summed E-state index contributed by atoms with van der Waals surface area (Å²) in [6.07, 6.45) is 3.71. The van der Waals surface area contributed by atoms with Crippen molar-refractivity contribution in [1.29, 1.82) is 0 Å². The molecule has 0 saturated carbocycles. The first-order valence-electron chi connectivity index (χ1n) is 6.72. The smallest absolute Gasteiger partial charge is 0.282 e. The maximum Gasteiger partial charge on any atom is 0.282 e. The molecule has 0 fully saturated rings. The van der Waals surface area contributed by atoms with Gasteiger partial charge < -0.3 is 4.57 Å². The van der Waals surface area contributed by atoms with E-state index in [4.69, 9.17) is 0 Å². The Balaban J connectivity index is 2.30. The second-order valence-corrected chi connectivity index (χ2v) is 6.63. The molecule has 0 aliphatic rings. The fourth-order valence-corrected chi connectivity index (χ4v) is 2.72. The average molecular weight is 309 g/mol. The van der Waals surface area contributed by atoms with Crippen molar-refractivity contribution in [3.63, 3.8) is 0 Å². The molecule has 0 atom stereocenters. The second-order valence-electron chi connectivity index (χ2n) is 5.00. The lowest BCUT2D eigenvalue weighted by Crippen LogP contribution is -2.15. The van der Waals surface area contributed by atoms with Crippen LogP contribution < -0.4 is 4.72 Å². The monoisotopic (exact) mass is 309 g/mol. The zero-order valence-electron chi connectivity index (χ0n) is 12.5. The highest BCUT2D eigenvalue weighted by Gasteiger charge is 2.19. The van der Waals surface area contributed by atoms with Crippen LogP contribution in [-0.4, -0.2) is 27.9 Å². The number of aromatic nitrogens is 4. The Bertz CT molecular complexity index is 737. The van der Waals surface area contributed by atoms with Crippen LogP contribution in [0.15, 0.2) is 23.6 Å². The summed E-state index contributed by atoms with van der Waals surface area (Å²) in [4.78, 5) is 12.3. The molecule has 7 nitrogen and oxygen atoms in total. The number of anilines is 1. The van der Waals surface area contributed by atoms with Gasteiger partial charge in [0, 0.05) is 24.0 Å². The maximum absolute atomic E-state index is 12.3. The highest BCUT2D eigenvalue weighted by atomic mass is 32.2. The topological polar surface area (TPSA) is 89.8 Å². The van der Waals surface area contributed by atoms with Gasteiger partial charge in [-0.25, -0.2) is 15.0 Å². The molecular formula is C13H19N5O2S. The third-order valence-corrected chi connectivity index (χ3v) is 4.18. The Kier molecular flexibility index (Phi) is 4.26. The van der Waals surface area contributed by atoms with E-state index in [-0.39, 0.29) is 16.9 Å². The molecule has 114 valence electrons. The summed E-state index contributed by atoms with van der Waals surface area (Å²) in [6, 6.07) is 1.78. The van der Waals surface area contributed by atoms with Crippen LogP contribution >= 0.6 is 0 Å². The van der Waals surface area contributed by atoms with E-state index in [2.05, 4.69) is 19.7 Å². The molecule has 0 aliphatic carbocycles. The van der Waals surface area contributed by atoms with E-state index >= 15 is 0 Å². The number of hydrogen-bond acceptors (Lipinski definition) is 5. The molecule has 0 saturated heterocycles. The number of rotatable bonds is 5. The Labute approximate surface area is 124 Å². The van der Waals surface area contributed by atoms with Crippen LogP contribution in [0.2, 0.25) is 0 Å². The predicted octanol–water partition coefficient (Wildman–Crippen LogP) is 1.93. The van der Waals surface area contributed by atoms with E-state index in [0.29, 0.717) is 12.2 Å². The van der Waals surface area contributed by atoms with Gasteiger partial charge >= 0.3 is 0 Å². The fraction of sp³-hybridized carbons (Fsp3) is 0.462. The molecule has 2 rings (SSSR count). The second kappa shape index (κ2) is 5.80. The summed E-state index contributed by atoms with van der Waals surface area (Å²) in [5, 5.41) is -0.0227. The Morgan fingerprint density at radius 2 is 2.05 bits per heavy atom. The summed E-state index contributed by atoms with van der Waals surface area (Å²) in [5.41, 5.74) is 0.785. The summed E-state index contributed by atoms with van der Waals surface area (Å²) in [6.45, 7) is 7.58. The molecule has 0 aliphatic heterocycles. The summed E-state index contributed by atoms with van der Waals surface area (Å²) in [7, 11) is -3.74. The van der Waals surface area contributed by atoms with E-state index in [1.807, 2.05) is 20.8 Å². The molecule has 2 aromatic heterocycles. The molecule has 2 heterocycles. The number of aryl methyl sites for hydroxylation is 2. The van der Waals surface area contributed by atoms with Crippen LogP contribution in [0.5, 0.6) is 0 Å². The van der Waals surface area contributed by atoms with E-state index in [1.165, 1.54) is 12.5 Å².